The zero-order chi connectivity index (χ0) is 33.0. The molecule has 0 aromatic rings. The fourth-order valence-corrected chi connectivity index (χ4v) is 7.50. The van der Waals surface area contributed by atoms with Gasteiger partial charge in [0, 0.05) is 35.5 Å². The van der Waals surface area contributed by atoms with E-state index >= 15 is 4.39 Å². The molecule has 34 heavy (non-hydrogen) atoms. The lowest BCUT2D eigenvalue weighted by molar-refractivity contribution is -0.220. The molecule has 3 fully saturated rings. The molecule has 2 N–H and O–H groups in total. The van der Waals surface area contributed by atoms with Gasteiger partial charge in [0.15, 0.2) is 18.1 Å². The van der Waals surface area contributed by atoms with Crippen LogP contribution in [0.3, 0.4) is 0 Å². The minimum atomic E-state index is -3.92. The van der Waals surface area contributed by atoms with Gasteiger partial charge in [0.1, 0.15) is 5.60 Å². The van der Waals surface area contributed by atoms with E-state index in [-0.39, 0.29) is 25.0 Å². The van der Waals surface area contributed by atoms with E-state index in [0.717, 1.165) is 0 Å². The highest BCUT2D eigenvalue weighted by Gasteiger charge is 2.75. The van der Waals surface area contributed by atoms with Crippen molar-refractivity contribution in [1.82, 2.24) is 0 Å². The summed E-state index contributed by atoms with van der Waals surface area (Å²) in [5.41, 5.74) is -6.66. The molecule has 188 valence electrons. The molecule has 8 atom stereocenters. The first-order valence-electron chi connectivity index (χ1n) is 16.0. The van der Waals surface area contributed by atoms with Crippen LogP contribution in [0.4, 0.5) is 4.39 Å². The normalized spacial score (nSPS) is 50.7. The summed E-state index contributed by atoms with van der Waals surface area (Å²) in [4.78, 5) is 38.3. The third kappa shape index (κ3) is 3.22. The highest BCUT2D eigenvalue weighted by atomic mass is 19.1. The van der Waals surface area contributed by atoms with Crippen molar-refractivity contribution in [2.75, 3.05) is 6.61 Å². The number of carbonyl (C=O) groups is 3. The van der Waals surface area contributed by atoms with Gasteiger partial charge in [0.25, 0.3) is 0 Å². The van der Waals surface area contributed by atoms with Gasteiger partial charge in [-0.15, -0.1) is 0 Å². The number of Topliss-reactive ketones (excluding diaryl/α,β-unsaturated/α-hetero) is 1. The highest BCUT2D eigenvalue weighted by molar-refractivity contribution is 6.01. The molecule has 3 saturated carbocycles. The van der Waals surface area contributed by atoms with Gasteiger partial charge in [-0.1, -0.05) is 38.7 Å². The van der Waals surface area contributed by atoms with Crippen molar-refractivity contribution < 1.29 is 46.1 Å². The van der Waals surface area contributed by atoms with Crippen molar-refractivity contribution in [3.8, 4) is 0 Å². The van der Waals surface area contributed by atoms with E-state index in [2.05, 4.69) is 0 Å². The van der Waals surface area contributed by atoms with Crippen LogP contribution in [-0.4, -0.2) is 51.7 Å². The van der Waals surface area contributed by atoms with E-state index in [1.807, 2.05) is 0 Å². The number of aliphatic hydroxyl groups excluding tert-OH is 1. The Hall–Kier alpha value is -1.86. The Labute approximate surface area is 213 Å². The molecular formula is C27H37FO6. The Morgan fingerprint density at radius 1 is 1.35 bits per heavy atom. The lowest BCUT2D eigenvalue weighted by atomic mass is 9.44. The van der Waals surface area contributed by atoms with Crippen molar-refractivity contribution in [2.45, 2.75) is 89.8 Å². The third-order valence-electron chi connectivity index (χ3n) is 9.21. The molecular weight excluding hydrogens is 439 g/mol. The number of aliphatic hydroxyl groups is 2. The largest absolute Gasteiger partial charge is 0.458 e. The first kappa shape index (κ1) is 16.0. The molecule has 0 aromatic heterocycles. The molecule has 0 radical (unpaired) electrons. The van der Waals surface area contributed by atoms with Gasteiger partial charge in [0.05, 0.1) is 6.10 Å². The molecule has 7 heteroatoms. The Morgan fingerprint density at radius 3 is 2.79 bits per heavy atom. The van der Waals surface area contributed by atoms with Crippen LogP contribution in [0.1, 0.15) is 84.8 Å². The number of esters is 1. The number of rotatable bonds is 6. The number of hydrogen-bond donors (Lipinski definition) is 2. The molecule has 0 saturated heterocycles. The number of carbonyl (C=O) groups excluding carboxylic acids is 3. The third-order valence-corrected chi connectivity index (χ3v) is 9.21. The Balaban J connectivity index is 1.61. The second-order valence-electron chi connectivity index (χ2n) is 10.5. The summed E-state index contributed by atoms with van der Waals surface area (Å²) in [6.07, 6.45) is -8.74. The van der Waals surface area contributed by atoms with E-state index in [0.29, 0.717) is 12.0 Å². The number of halogens is 1. The molecule has 6 nitrogen and oxygen atoms in total. The van der Waals surface area contributed by atoms with Crippen molar-refractivity contribution in [2.24, 2.45) is 28.6 Å². The minimum Gasteiger partial charge on any atom is -0.458 e. The topological polar surface area (TPSA) is 101 Å². The Bertz CT molecular complexity index is 1300. The van der Waals surface area contributed by atoms with Crippen molar-refractivity contribution in [3.63, 3.8) is 0 Å². The van der Waals surface area contributed by atoms with E-state index in [4.69, 9.17) is 17.1 Å². The summed E-state index contributed by atoms with van der Waals surface area (Å²) < 4.78 is 90.6. The zero-order valence-electron chi connectivity index (χ0n) is 28.5. The molecule has 0 bridgehead atoms. The average molecular weight is 486 g/mol. The van der Waals surface area contributed by atoms with E-state index < -0.39 is 90.3 Å². The Kier molecular flexibility index (Phi) is 3.94. The lowest BCUT2D eigenvalue weighted by Crippen LogP contribution is -2.69. The second-order valence-corrected chi connectivity index (χ2v) is 10.5. The Morgan fingerprint density at radius 2 is 2.09 bits per heavy atom. The number of alkyl halides is 1. The molecule has 0 aliphatic heterocycles. The van der Waals surface area contributed by atoms with Gasteiger partial charge in [-0.25, -0.2) is 4.39 Å². The minimum absolute atomic E-state index is 0.162. The number of allylic oxidation sites excluding steroid dienone is 4. The smallest absolute Gasteiger partial charge is 0.306 e. The fraction of sp³-hybridized carbons (Fsp3) is 0.741. The molecule has 4 aliphatic carbocycles. The van der Waals surface area contributed by atoms with Gasteiger partial charge in [-0.05, 0) is 63.0 Å². The van der Waals surface area contributed by atoms with E-state index in [1.54, 1.807) is 20.8 Å². The quantitative estimate of drug-likeness (QED) is 0.557. The van der Waals surface area contributed by atoms with Crippen LogP contribution in [-0.2, 0) is 19.1 Å². The maximum Gasteiger partial charge on any atom is 0.306 e. The monoisotopic (exact) mass is 485 g/mol. The maximum absolute atomic E-state index is 17.3. The van der Waals surface area contributed by atoms with Gasteiger partial charge in [-0.2, -0.15) is 0 Å². The standard InChI is InChI=1S/C27H37FO6/c1-5-6-7-23(32)34-15-22(31)27(33)16(2)12-20-19-9-8-17-13-18(29)10-11-24(17,3)26(19,28)21(30)14-25(20,27)4/h10-11,13,16,19-21,30,33H,5-9,12,14-15H2,1-4H3/t16-,19-,20-,21-,24-,25-,26-,27-/m0/s1/i1D3,5D2,6D2,7D2. The fourth-order valence-electron chi connectivity index (χ4n) is 7.50. The summed E-state index contributed by atoms with van der Waals surface area (Å²) in [5.74, 6) is -5.70. The highest BCUT2D eigenvalue weighted by Crippen LogP contribution is 2.70. The van der Waals surface area contributed by atoms with Gasteiger partial charge < -0.3 is 14.9 Å². The summed E-state index contributed by atoms with van der Waals surface area (Å²) in [7, 11) is 0. The van der Waals surface area contributed by atoms with Crippen molar-refractivity contribution in [3.05, 3.63) is 23.8 Å². The molecule has 4 aliphatic rings. The SMILES string of the molecule is [2H]C([2H])([2H])C([2H])([2H])C([2H])([2H])C([2H])([2H])C(=O)OCC(=O)[C@@]1(O)[C@@H](C)C[C@H]2[C@@H]3CCC4=CC(=O)C=C[C@]4(C)[C@@]3(F)[C@@H](O)C[C@@]21C. The van der Waals surface area contributed by atoms with Crippen molar-refractivity contribution >= 4 is 17.5 Å². The molecule has 0 amide bonds. The zero-order valence-corrected chi connectivity index (χ0v) is 19.5. The summed E-state index contributed by atoms with van der Waals surface area (Å²) in [6, 6.07) is 0. The van der Waals surface area contributed by atoms with Crippen LogP contribution in [0.2, 0.25) is 0 Å². The van der Waals surface area contributed by atoms with Gasteiger partial charge >= 0.3 is 5.97 Å². The second kappa shape index (κ2) is 8.37. The summed E-state index contributed by atoms with van der Waals surface area (Å²) in [6.45, 7) is -0.198. The summed E-state index contributed by atoms with van der Waals surface area (Å²) >= 11 is 0. The first-order valence-corrected chi connectivity index (χ1v) is 11.5. The van der Waals surface area contributed by atoms with Crippen LogP contribution >= 0.6 is 0 Å². The van der Waals surface area contributed by atoms with Crippen molar-refractivity contribution in [1.29, 1.82) is 0 Å². The predicted octanol–water partition coefficient (Wildman–Crippen LogP) is 3.64. The average Bonchev–Trinajstić information content (AvgIpc) is 3.08. The molecule has 0 heterocycles. The van der Waals surface area contributed by atoms with E-state index in [1.165, 1.54) is 18.2 Å². The van der Waals surface area contributed by atoms with Gasteiger partial charge in [-0.3, -0.25) is 14.4 Å². The predicted molar refractivity (Wildman–Crippen MR) is 123 cm³/mol. The van der Waals surface area contributed by atoms with E-state index in [9.17, 15) is 24.6 Å². The molecule has 0 aromatic carbocycles. The molecule has 0 unspecified atom stereocenters. The van der Waals surface area contributed by atoms with Crippen LogP contribution in [0.15, 0.2) is 23.8 Å². The lowest BCUT2D eigenvalue weighted by Gasteiger charge is -2.62. The van der Waals surface area contributed by atoms with Gasteiger partial charge in [0.2, 0.25) is 5.78 Å². The molecule has 4 rings (SSSR count). The maximum atomic E-state index is 17.3. The first-order chi connectivity index (χ1) is 19.3. The number of fused-ring (bicyclic) bond motifs is 5. The van der Waals surface area contributed by atoms with Crippen LogP contribution in [0.25, 0.3) is 0 Å². The number of ketones is 2. The number of ether oxygens (including phenoxy) is 1. The van der Waals surface area contributed by atoms with Crippen LogP contribution < -0.4 is 0 Å². The molecule has 0 spiro atoms. The summed E-state index contributed by atoms with van der Waals surface area (Å²) in [5, 5.41) is 23.4. The number of hydrogen-bond acceptors (Lipinski definition) is 6. The van der Waals surface area contributed by atoms with Crippen LogP contribution in [0, 0.1) is 28.6 Å². The van der Waals surface area contributed by atoms with Crippen LogP contribution in [0.5, 0.6) is 0 Å².